The molecule has 0 unspecified atom stereocenters. The fourth-order valence-electron chi connectivity index (χ4n) is 2.27. The summed E-state index contributed by atoms with van der Waals surface area (Å²) in [7, 11) is 4.83. The first-order chi connectivity index (χ1) is 9.52. The van der Waals surface area contributed by atoms with E-state index in [4.69, 9.17) is 0 Å². The van der Waals surface area contributed by atoms with Gasteiger partial charge in [0.2, 0.25) is 5.52 Å². The lowest BCUT2D eigenvalue weighted by molar-refractivity contribution is -0.605. The molecule has 21 heavy (non-hydrogen) atoms. The summed E-state index contributed by atoms with van der Waals surface area (Å²) in [5, 5.41) is 0. The van der Waals surface area contributed by atoms with Crippen LogP contribution in [0.15, 0.2) is 40.2 Å². The maximum atomic E-state index is 12.2. The highest BCUT2D eigenvalue weighted by Gasteiger charge is 2.24. The zero-order chi connectivity index (χ0) is 14.4. The van der Waals surface area contributed by atoms with Crippen LogP contribution in [0.3, 0.4) is 0 Å². The maximum absolute atomic E-state index is 12.2. The lowest BCUT2D eigenvalue weighted by atomic mass is 10.5. The van der Waals surface area contributed by atoms with Gasteiger partial charge in [0.25, 0.3) is 11.2 Å². The monoisotopic (exact) mass is 399 g/mol. The third kappa shape index (κ3) is 2.19. The second kappa shape index (κ2) is 5.43. The predicted octanol–water partition coefficient (Wildman–Crippen LogP) is -3.75. The number of aromatic nitrogens is 5. The van der Waals surface area contributed by atoms with Gasteiger partial charge in [0.15, 0.2) is 0 Å². The molecule has 0 atom stereocenters. The first kappa shape index (κ1) is 15.4. The minimum atomic E-state index is -0.384. The van der Waals surface area contributed by atoms with Gasteiger partial charge in [-0.3, -0.25) is 13.9 Å². The van der Waals surface area contributed by atoms with Gasteiger partial charge in [-0.1, -0.05) is 6.07 Å². The molecular weight excluding hydrogens is 385 g/mol. The van der Waals surface area contributed by atoms with Crippen molar-refractivity contribution in [1.29, 1.82) is 0 Å². The molecule has 0 N–H and O–H groups in total. The summed E-state index contributed by atoms with van der Waals surface area (Å²) in [6.45, 7) is 0. The van der Waals surface area contributed by atoms with Crippen molar-refractivity contribution in [3.63, 3.8) is 0 Å². The van der Waals surface area contributed by atoms with E-state index in [9.17, 15) is 9.59 Å². The first-order valence-electron chi connectivity index (χ1n) is 6.11. The van der Waals surface area contributed by atoms with Gasteiger partial charge >= 0.3 is 11.6 Å². The molecule has 0 fully saturated rings. The van der Waals surface area contributed by atoms with Gasteiger partial charge in [-0.05, 0) is 17.1 Å². The van der Waals surface area contributed by atoms with Crippen molar-refractivity contribution in [2.24, 2.45) is 21.1 Å². The Morgan fingerprint density at radius 3 is 2.19 bits per heavy atom. The molecule has 3 aromatic rings. The van der Waals surface area contributed by atoms with E-state index in [1.807, 2.05) is 30.6 Å². The van der Waals surface area contributed by atoms with Crippen molar-refractivity contribution in [1.82, 2.24) is 18.7 Å². The minimum Gasteiger partial charge on any atom is -1.00 e. The van der Waals surface area contributed by atoms with Crippen LogP contribution in [-0.2, 0) is 21.1 Å². The molecule has 0 aliphatic rings. The van der Waals surface area contributed by atoms with Gasteiger partial charge in [-0.25, -0.2) is 13.9 Å². The summed E-state index contributed by atoms with van der Waals surface area (Å²) in [6.07, 6.45) is 3.67. The summed E-state index contributed by atoms with van der Waals surface area (Å²) in [4.78, 5) is 28.6. The van der Waals surface area contributed by atoms with Crippen molar-refractivity contribution in [2.75, 3.05) is 0 Å². The van der Waals surface area contributed by atoms with Crippen molar-refractivity contribution in [3.05, 3.63) is 51.4 Å². The largest absolute Gasteiger partial charge is 1.00 e. The Hall–Kier alpha value is -1.97. The highest BCUT2D eigenvalue weighted by atomic mass is 127. The molecule has 0 aliphatic heterocycles. The number of aryl methyl sites for hydroxylation is 2. The van der Waals surface area contributed by atoms with E-state index in [-0.39, 0.29) is 35.2 Å². The maximum Gasteiger partial charge on any atom is 0.405 e. The number of hydrogen-bond acceptors (Lipinski definition) is 3. The fourth-order valence-corrected chi connectivity index (χ4v) is 2.27. The van der Waals surface area contributed by atoms with Crippen molar-refractivity contribution >= 4 is 11.2 Å². The SMILES string of the molecule is Cn1c(=O)c2c(nc(-[n+]3ccccc3)n2C)n(C)c1=O.[I-]. The molecule has 8 heteroatoms. The molecule has 0 spiro atoms. The van der Waals surface area contributed by atoms with Crippen molar-refractivity contribution < 1.29 is 28.5 Å². The summed E-state index contributed by atoms with van der Waals surface area (Å²) < 4.78 is 5.95. The van der Waals surface area contributed by atoms with Crippen molar-refractivity contribution in [2.45, 2.75) is 0 Å². The standard InChI is InChI=1S/C13H14N5O2.HI/c1-15-9-10(16(2)13(20)17(3)11(9)19)14-12(15)18-7-5-4-6-8-18;/h4-8H,1-3H3;1H/q+1;/p-1. The average Bonchev–Trinajstić information content (AvgIpc) is 2.81. The van der Waals surface area contributed by atoms with Gasteiger partial charge in [-0.2, -0.15) is 0 Å². The van der Waals surface area contributed by atoms with Crippen LogP contribution in [0.5, 0.6) is 0 Å². The molecule has 3 aromatic heterocycles. The molecule has 0 saturated carbocycles. The third-order valence-electron chi connectivity index (χ3n) is 3.40. The quantitative estimate of drug-likeness (QED) is 0.312. The zero-order valence-corrected chi connectivity index (χ0v) is 14.0. The smallest absolute Gasteiger partial charge is 0.405 e. The molecule has 3 heterocycles. The molecule has 0 aromatic carbocycles. The van der Waals surface area contributed by atoms with Crippen LogP contribution >= 0.6 is 0 Å². The summed E-state index contributed by atoms with van der Waals surface area (Å²) in [5.74, 6) is 0.582. The number of halogens is 1. The summed E-state index contributed by atoms with van der Waals surface area (Å²) in [5.41, 5.74) is 0.0546. The van der Waals surface area contributed by atoms with Gasteiger partial charge < -0.3 is 24.0 Å². The van der Waals surface area contributed by atoms with E-state index in [2.05, 4.69) is 4.98 Å². The van der Waals surface area contributed by atoms with Crippen LogP contribution in [0.1, 0.15) is 0 Å². The highest BCUT2D eigenvalue weighted by Crippen LogP contribution is 2.08. The van der Waals surface area contributed by atoms with Crippen LogP contribution in [0.2, 0.25) is 0 Å². The Kier molecular flexibility index (Phi) is 3.99. The van der Waals surface area contributed by atoms with E-state index < -0.39 is 0 Å². The Balaban J connectivity index is 0.00000161. The van der Waals surface area contributed by atoms with E-state index in [1.54, 1.807) is 23.2 Å². The molecule has 7 nitrogen and oxygen atoms in total. The molecule has 110 valence electrons. The Bertz CT molecular complexity index is 924. The molecule has 0 bridgehead atoms. The van der Waals surface area contributed by atoms with Gasteiger partial charge in [-0.15, -0.1) is 0 Å². The van der Waals surface area contributed by atoms with Gasteiger partial charge in [0.05, 0.1) is 19.4 Å². The number of nitrogens with zero attached hydrogens (tertiary/aromatic N) is 5. The molecule has 0 amide bonds. The normalized spacial score (nSPS) is 10.6. The Labute approximate surface area is 137 Å². The predicted molar refractivity (Wildman–Crippen MR) is 72.7 cm³/mol. The molecular formula is C13H14IN5O2. The number of pyridine rings is 1. The van der Waals surface area contributed by atoms with E-state index >= 15 is 0 Å². The van der Waals surface area contributed by atoms with E-state index in [0.29, 0.717) is 17.1 Å². The van der Waals surface area contributed by atoms with Gasteiger partial charge in [0.1, 0.15) is 0 Å². The lowest BCUT2D eigenvalue weighted by Gasteiger charge is -1.99. The number of hydrogen-bond donors (Lipinski definition) is 0. The first-order valence-corrected chi connectivity index (χ1v) is 6.11. The van der Waals surface area contributed by atoms with E-state index in [1.165, 1.54) is 11.6 Å². The summed E-state index contributed by atoms with van der Waals surface area (Å²) in [6, 6.07) is 5.64. The Morgan fingerprint density at radius 2 is 1.57 bits per heavy atom. The van der Waals surface area contributed by atoms with Crippen LogP contribution in [0.4, 0.5) is 0 Å². The Morgan fingerprint density at radius 1 is 0.952 bits per heavy atom. The van der Waals surface area contributed by atoms with Crippen molar-refractivity contribution in [3.8, 4) is 5.95 Å². The van der Waals surface area contributed by atoms with Crippen LogP contribution in [0.25, 0.3) is 17.1 Å². The van der Waals surface area contributed by atoms with E-state index in [0.717, 1.165) is 4.57 Å². The summed E-state index contributed by atoms with van der Waals surface area (Å²) >= 11 is 0. The third-order valence-corrected chi connectivity index (χ3v) is 3.40. The number of fused-ring (bicyclic) bond motifs is 1. The topological polar surface area (TPSA) is 65.7 Å². The van der Waals surface area contributed by atoms with Crippen LogP contribution in [0, 0.1) is 0 Å². The zero-order valence-electron chi connectivity index (χ0n) is 11.8. The van der Waals surface area contributed by atoms with Crippen LogP contribution < -0.4 is 39.8 Å². The highest BCUT2D eigenvalue weighted by molar-refractivity contribution is 5.71. The lowest BCUT2D eigenvalue weighted by Crippen LogP contribution is -3.00. The van der Waals surface area contributed by atoms with Crippen LogP contribution in [-0.4, -0.2) is 18.7 Å². The average molecular weight is 399 g/mol. The second-order valence-electron chi connectivity index (χ2n) is 4.63. The molecule has 0 saturated heterocycles. The number of imidazole rings is 1. The fraction of sp³-hybridized carbons (Fsp3) is 0.231. The van der Waals surface area contributed by atoms with Gasteiger partial charge in [0, 0.05) is 14.1 Å². The second-order valence-corrected chi connectivity index (χ2v) is 4.63. The molecule has 0 radical (unpaired) electrons. The molecule has 3 rings (SSSR count). The molecule has 0 aliphatic carbocycles. The number of rotatable bonds is 1. The minimum absolute atomic E-state index is 0.